The fourth-order valence-corrected chi connectivity index (χ4v) is 1.71. The van der Waals surface area contributed by atoms with E-state index in [9.17, 15) is 23.3 Å². The van der Waals surface area contributed by atoms with E-state index in [0.29, 0.717) is 6.07 Å². The molecule has 0 heterocycles. The molecule has 1 rings (SSSR count). The number of rotatable bonds is 2. The molecule has 0 saturated carbocycles. The largest absolute Gasteiger partial charge is 0.495 e. The van der Waals surface area contributed by atoms with Crippen molar-refractivity contribution in [2.75, 3.05) is 7.11 Å². The summed E-state index contributed by atoms with van der Waals surface area (Å²) < 4.78 is 42.0. The lowest BCUT2D eigenvalue weighted by atomic mass is 10.1. The number of nitro groups is 1. The zero-order valence-electron chi connectivity index (χ0n) is 7.84. The van der Waals surface area contributed by atoms with Gasteiger partial charge in [0, 0.05) is 12.1 Å². The van der Waals surface area contributed by atoms with E-state index in [1.807, 2.05) is 0 Å². The molecule has 88 valence electrons. The van der Waals surface area contributed by atoms with Crippen LogP contribution in [0.25, 0.3) is 0 Å². The van der Waals surface area contributed by atoms with Crippen molar-refractivity contribution >= 4 is 21.6 Å². The van der Waals surface area contributed by atoms with Crippen LogP contribution in [0.4, 0.5) is 18.9 Å². The van der Waals surface area contributed by atoms with Crippen LogP contribution in [-0.2, 0) is 6.18 Å². The van der Waals surface area contributed by atoms with Crippen LogP contribution in [0.3, 0.4) is 0 Å². The van der Waals surface area contributed by atoms with Crippen molar-refractivity contribution in [1.82, 2.24) is 0 Å². The van der Waals surface area contributed by atoms with Crippen LogP contribution in [0.1, 0.15) is 5.56 Å². The van der Waals surface area contributed by atoms with E-state index in [4.69, 9.17) is 0 Å². The van der Waals surface area contributed by atoms with Gasteiger partial charge in [-0.15, -0.1) is 0 Å². The molecule has 0 fully saturated rings. The number of benzene rings is 1. The van der Waals surface area contributed by atoms with E-state index in [2.05, 4.69) is 20.7 Å². The Morgan fingerprint density at radius 2 is 2.00 bits per heavy atom. The van der Waals surface area contributed by atoms with Gasteiger partial charge in [-0.05, 0) is 15.9 Å². The lowest BCUT2D eigenvalue weighted by Crippen LogP contribution is -2.08. The van der Waals surface area contributed by atoms with Gasteiger partial charge in [0.2, 0.25) is 0 Å². The molecule has 1 aromatic rings. The van der Waals surface area contributed by atoms with Crippen LogP contribution in [0.5, 0.6) is 5.75 Å². The maximum absolute atomic E-state index is 12.5. The molecule has 0 bridgehead atoms. The summed E-state index contributed by atoms with van der Waals surface area (Å²) in [6.45, 7) is 0. The van der Waals surface area contributed by atoms with Crippen molar-refractivity contribution in [1.29, 1.82) is 0 Å². The van der Waals surface area contributed by atoms with Gasteiger partial charge in [-0.1, -0.05) is 0 Å². The van der Waals surface area contributed by atoms with Crippen LogP contribution in [0.2, 0.25) is 0 Å². The number of hydrogen-bond donors (Lipinski definition) is 0. The first-order valence-corrected chi connectivity index (χ1v) is 4.65. The standard InChI is InChI=1S/C8H5BrF3NO3/c1-16-7-5(8(10,11)12)2-4(13(14)15)3-6(7)9/h2-3H,1H3. The molecule has 8 heteroatoms. The number of nitrogens with zero attached hydrogens (tertiary/aromatic N) is 1. The Labute approximate surface area is 96.3 Å². The summed E-state index contributed by atoms with van der Waals surface area (Å²) in [7, 11) is 1.06. The highest BCUT2D eigenvalue weighted by atomic mass is 79.9. The number of ether oxygens (including phenoxy) is 1. The number of methoxy groups -OCH3 is 1. The number of non-ortho nitro benzene ring substituents is 1. The zero-order valence-corrected chi connectivity index (χ0v) is 9.42. The first-order chi connectivity index (χ1) is 7.27. The molecular weight excluding hydrogens is 295 g/mol. The van der Waals surface area contributed by atoms with Gasteiger partial charge in [-0.25, -0.2) is 0 Å². The summed E-state index contributed by atoms with van der Waals surface area (Å²) >= 11 is 2.79. The molecule has 0 atom stereocenters. The topological polar surface area (TPSA) is 52.4 Å². The van der Waals surface area contributed by atoms with E-state index in [-0.39, 0.29) is 4.47 Å². The third-order valence-electron chi connectivity index (χ3n) is 1.75. The average Bonchev–Trinajstić information content (AvgIpc) is 2.14. The molecule has 0 aliphatic carbocycles. The summed E-state index contributed by atoms with van der Waals surface area (Å²) in [4.78, 5) is 9.51. The Bertz CT molecular complexity index is 433. The molecule has 0 saturated heterocycles. The first-order valence-electron chi connectivity index (χ1n) is 3.86. The van der Waals surface area contributed by atoms with Crippen LogP contribution in [-0.4, -0.2) is 12.0 Å². The van der Waals surface area contributed by atoms with Crippen LogP contribution in [0, 0.1) is 10.1 Å². The van der Waals surface area contributed by atoms with Gasteiger partial charge >= 0.3 is 6.18 Å². The second kappa shape index (κ2) is 4.28. The fourth-order valence-electron chi connectivity index (χ4n) is 1.10. The van der Waals surface area contributed by atoms with E-state index >= 15 is 0 Å². The number of nitro benzene ring substituents is 1. The van der Waals surface area contributed by atoms with Crippen molar-refractivity contribution in [3.63, 3.8) is 0 Å². The lowest BCUT2D eigenvalue weighted by molar-refractivity contribution is -0.385. The Morgan fingerprint density at radius 1 is 1.44 bits per heavy atom. The van der Waals surface area contributed by atoms with Gasteiger partial charge in [-0.2, -0.15) is 13.2 Å². The molecule has 0 aliphatic heterocycles. The molecule has 16 heavy (non-hydrogen) atoms. The SMILES string of the molecule is COc1c(Br)cc([N+](=O)[O-])cc1C(F)(F)F. The summed E-state index contributed by atoms with van der Waals surface area (Å²) in [5.74, 6) is -0.474. The average molecular weight is 300 g/mol. The molecule has 0 unspecified atom stereocenters. The number of hydrogen-bond acceptors (Lipinski definition) is 3. The quantitative estimate of drug-likeness (QED) is 0.621. The van der Waals surface area contributed by atoms with Crippen LogP contribution < -0.4 is 4.74 Å². The maximum Gasteiger partial charge on any atom is 0.420 e. The second-order valence-corrected chi connectivity index (χ2v) is 3.62. The summed E-state index contributed by atoms with van der Waals surface area (Å²) in [6, 6.07) is 1.39. The second-order valence-electron chi connectivity index (χ2n) is 2.76. The third kappa shape index (κ3) is 2.43. The third-order valence-corrected chi connectivity index (χ3v) is 2.34. The van der Waals surface area contributed by atoms with Gasteiger partial charge in [0.25, 0.3) is 5.69 Å². The first kappa shape index (κ1) is 12.8. The minimum Gasteiger partial charge on any atom is -0.495 e. The van der Waals surface area contributed by atoms with Crippen molar-refractivity contribution < 1.29 is 22.8 Å². The molecule has 4 nitrogen and oxygen atoms in total. The van der Waals surface area contributed by atoms with Crippen molar-refractivity contribution in [3.05, 3.63) is 32.3 Å². The Hall–Kier alpha value is -1.31. The van der Waals surface area contributed by atoms with Crippen molar-refractivity contribution in [2.24, 2.45) is 0 Å². The minimum atomic E-state index is -4.71. The number of alkyl halides is 3. The molecule has 0 radical (unpaired) electrons. The minimum absolute atomic E-state index is 0.114. The summed E-state index contributed by atoms with van der Waals surface area (Å²) in [5.41, 5.74) is -1.84. The van der Waals surface area contributed by atoms with Crippen LogP contribution in [0.15, 0.2) is 16.6 Å². The lowest BCUT2D eigenvalue weighted by Gasteiger charge is -2.12. The van der Waals surface area contributed by atoms with Gasteiger partial charge in [0.15, 0.2) is 0 Å². The molecule has 0 aliphatic rings. The molecular formula is C8H5BrF3NO3. The Balaban J connectivity index is 3.49. The van der Waals surface area contributed by atoms with Crippen molar-refractivity contribution in [2.45, 2.75) is 6.18 Å². The highest BCUT2D eigenvalue weighted by molar-refractivity contribution is 9.10. The predicted molar refractivity (Wildman–Crippen MR) is 52.4 cm³/mol. The molecule has 0 amide bonds. The van der Waals surface area contributed by atoms with Crippen LogP contribution >= 0.6 is 15.9 Å². The fraction of sp³-hybridized carbons (Fsp3) is 0.250. The normalized spacial score (nSPS) is 11.3. The molecule has 1 aromatic carbocycles. The predicted octanol–water partition coefficient (Wildman–Crippen LogP) is 3.38. The smallest absolute Gasteiger partial charge is 0.420 e. The van der Waals surface area contributed by atoms with Gasteiger partial charge in [0.1, 0.15) is 11.3 Å². The Kier molecular flexibility index (Phi) is 3.41. The van der Waals surface area contributed by atoms with Gasteiger partial charge < -0.3 is 4.74 Å². The molecule has 0 aromatic heterocycles. The summed E-state index contributed by atoms with van der Waals surface area (Å²) in [6.07, 6.45) is -4.71. The van der Waals surface area contributed by atoms with E-state index in [1.165, 1.54) is 0 Å². The highest BCUT2D eigenvalue weighted by Gasteiger charge is 2.37. The molecule has 0 spiro atoms. The van der Waals surface area contributed by atoms with Crippen molar-refractivity contribution in [3.8, 4) is 5.75 Å². The molecule has 0 N–H and O–H groups in total. The number of halogens is 4. The summed E-state index contributed by atoms with van der Waals surface area (Å²) in [5, 5.41) is 10.4. The van der Waals surface area contributed by atoms with E-state index < -0.39 is 28.1 Å². The van der Waals surface area contributed by atoms with Gasteiger partial charge in [0.05, 0.1) is 16.5 Å². The highest BCUT2D eigenvalue weighted by Crippen LogP contribution is 2.42. The Morgan fingerprint density at radius 3 is 2.38 bits per heavy atom. The maximum atomic E-state index is 12.5. The monoisotopic (exact) mass is 299 g/mol. The van der Waals surface area contributed by atoms with Gasteiger partial charge in [-0.3, -0.25) is 10.1 Å². The zero-order chi connectivity index (χ0) is 12.5. The van der Waals surface area contributed by atoms with E-state index in [0.717, 1.165) is 13.2 Å². The van der Waals surface area contributed by atoms with E-state index in [1.54, 1.807) is 0 Å².